The van der Waals surface area contributed by atoms with E-state index < -0.39 is 0 Å². The number of amides is 1. The number of carbonyl (C=O) groups excluding carboxylic acids is 1. The summed E-state index contributed by atoms with van der Waals surface area (Å²) < 4.78 is 0. The van der Waals surface area contributed by atoms with E-state index >= 15 is 0 Å². The average Bonchev–Trinajstić information content (AvgIpc) is 3.33. The molecule has 1 amide bonds. The minimum Gasteiger partial charge on any atom is -0.353 e. The molecule has 5 aliphatic rings. The lowest BCUT2D eigenvalue weighted by Gasteiger charge is -2.84. The largest absolute Gasteiger partial charge is 0.353 e. The van der Waals surface area contributed by atoms with Crippen molar-refractivity contribution < 1.29 is 4.79 Å². The molecule has 3 nitrogen and oxygen atoms in total. The van der Waals surface area contributed by atoms with Crippen molar-refractivity contribution in [2.75, 3.05) is 5.75 Å². The number of fused-ring (bicyclic) bond motifs is 1. The molecule has 178 valence electrons. The van der Waals surface area contributed by atoms with Gasteiger partial charge in [0.2, 0.25) is 5.91 Å². The van der Waals surface area contributed by atoms with Crippen molar-refractivity contribution in [3.8, 4) is 0 Å². The minimum atomic E-state index is -0.166. The molecule has 3 N–H and O–H groups in total. The maximum Gasteiger partial charge on any atom is 0.227 e. The zero-order valence-electron chi connectivity index (χ0n) is 20.0. The van der Waals surface area contributed by atoms with Crippen LogP contribution in [0.5, 0.6) is 0 Å². The molecule has 0 aliphatic heterocycles. The van der Waals surface area contributed by atoms with Crippen LogP contribution in [0.25, 0.3) is 0 Å². The molecule has 0 saturated heterocycles. The molecule has 1 spiro atoms. The number of nitrogens with one attached hydrogen (secondary N) is 1. The van der Waals surface area contributed by atoms with Gasteiger partial charge in [-0.3, -0.25) is 4.79 Å². The summed E-state index contributed by atoms with van der Waals surface area (Å²) in [6, 6.07) is 22.7. The highest BCUT2D eigenvalue weighted by atomic mass is 32.2. The number of hydrogen-bond acceptors (Lipinski definition) is 3. The fourth-order valence-corrected chi connectivity index (χ4v) is 11.2. The van der Waals surface area contributed by atoms with Gasteiger partial charge in [0.1, 0.15) is 0 Å². The first-order valence-corrected chi connectivity index (χ1v) is 14.3. The molecule has 5 unspecified atom stereocenters. The Bertz CT molecular complexity index is 1100. The molecule has 2 bridgehead atoms. The summed E-state index contributed by atoms with van der Waals surface area (Å²) in [5, 5.41) is 3.58. The molecule has 7 rings (SSSR count). The third-order valence-electron chi connectivity index (χ3n) is 10.8. The van der Waals surface area contributed by atoms with E-state index in [1.807, 2.05) is 11.8 Å². The van der Waals surface area contributed by atoms with Crippen LogP contribution in [-0.2, 0) is 10.2 Å². The summed E-state index contributed by atoms with van der Waals surface area (Å²) in [7, 11) is 0. The Morgan fingerprint density at radius 3 is 2.35 bits per heavy atom. The summed E-state index contributed by atoms with van der Waals surface area (Å²) in [5.74, 6) is 2.24. The predicted octanol–water partition coefficient (Wildman–Crippen LogP) is 5.68. The van der Waals surface area contributed by atoms with Crippen molar-refractivity contribution in [3.05, 3.63) is 66.2 Å². The molecule has 5 fully saturated rings. The van der Waals surface area contributed by atoms with Crippen molar-refractivity contribution in [1.82, 2.24) is 5.32 Å². The lowest BCUT2D eigenvalue weighted by Crippen LogP contribution is -2.84. The van der Waals surface area contributed by atoms with E-state index in [9.17, 15) is 4.79 Å². The second kappa shape index (κ2) is 7.36. The smallest absolute Gasteiger partial charge is 0.227 e. The monoisotopic (exact) mass is 472 g/mol. The van der Waals surface area contributed by atoms with Crippen molar-refractivity contribution in [1.29, 1.82) is 0 Å². The van der Waals surface area contributed by atoms with Crippen LogP contribution in [-0.4, -0.2) is 23.7 Å². The average molecular weight is 473 g/mol. The van der Waals surface area contributed by atoms with Gasteiger partial charge >= 0.3 is 0 Å². The van der Waals surface area contributed by atoms with Crippen molar-refractivity contribution in [2.45, 2.75) is 80.2 Å². The lowest BCUT2D eigenvalue weighted by atomic mass is 9.19. The van der Waals surface area contributed by atoms with Gasteiger partial charge in [-0.2, -0.15) is 0 Å². The molecular weight excluding hydrogens is 436 g/mol. The van der Waals surface area contributed by atoms with E-state index in [1.54, 1.807) is 0 Å². The van der Waals surface area contributed by atoms with Gasteiger partial charge in [-0.1, -0.05) is 48.5 Å². The van der Waals surface area contributed by atoms with Crippen molar-refractivity contribution in [3.63, 3.8) is 0 Å². The van der Waals surface area contributed by atoms with Gasteiger partial charge in [-0.25, -0.2) is 0 Å². The number of thioether (sulfide) groups is 1. The van der Waals surface area contributed by atoms with Crippen LogP contribution < -0.4 is 11.1 Å². The van der Waals surface area contributed by atoms with Crippen LogP contribution in [0.15, 0.2) is 65.6 Å². The molecule has 34 heavy (non-hydrogen) atoms. The standard InChI is InChI=1S/C30H36N2OS/c31-23-11-13-24(14-12-23)32-26(33)28-16-21-15-27(20-34-25-9-5-2-6-10-25)18-29(19-28,30(27,28)17-21)22-7-3-1-4-8-22/h1-10,21,23-24H,11-20,31H2,(H,32,33)/t21?,23-,24-,27?,28?,29?,30?. The summed E-state index contributed by atoms with van der Waals surface area (Å²) >= 11 is 2.02. The Labute approximate surface area is 207 Å². The molecule has 0 heterocycles. The molecular formula is C30H36N2OS. The van der Waals surface area contributed by atoms with Crippen molar-refractivity contribution >= 4 is 17.7 Å². The van der Waals surface area contributed by atoms with Gasteiger partial charge in [-0.15, -0.1) is 11.8 Å². The Balaban J connectivity index is 1.23. The third kappa shape index (κ3) is 2.57. The summed E-state index contributed by atoms with van der Waals surface area (Å²) in [6.45, 7) is 0. The van der Waals surface area contributed by atoms with Gasteiger partial charge in [-0.05, 0) is 86.8 Å². The molecule has 5 atom stereocenters. The van der Waals surface area contributed by atoms with Gasteiger partial charge in [0.25, 0.3) is 0 Å². The van der Waals surface area contributed by atoms with Gasteiger partial charge in [0.05, 0.1) is 5.41 Å². The second-order valence-electron chi connectivity index (χ2n) is 12.2. The van der Waals surface area contributed by atoms with Crippen molar-refractivity contribution in [2.24, 2.45) is 27.9 Å². The van der Waals surface area contributed by atoms with Crippen LogP contribution in [0.1, 0.15) is 63.4 Å². The Hall–Kier alpha value is -1.78. The Morgan fingerprint density at radius 2 is 1.62 bits per heavy atom. The van der Waals surface area contributed by atoms with Crippen LogP contribution >= 0.6 is 11.8 Å². The molecule has 4 heteroatoms. The highest BCUT2D eigenvalue weighted by Crippen LogP contribution is 2.96. The number of nitrogens with two attached hydrogens (primary N) is 1. The first-order valence-electron chi connectivity index (χ1n) is 13.3. The number of carbonyl (C=O) groups is 1. The normalized spacial score (nSPS) is 43.5. The molecule has 0 aromatic heterocycles. The van der Waals surface area contributed by atoms with E-state index in [4.69, 9.17) is 5.73 Å². The molecule has 2 aromatic rings. The highest BCUT2D eigenvalue weighted by molar-refractivity contribution is 7.99. The number of benzene rings is 2. The fourth-order valence-electron chi connectivity index (χ4n) is 9.95. The Morgan fingerprint density at radius 1 is 0.912 bits per heavy atom. The fraction of sp³-hybridized carbons (Fsp3) is 0.567. The number of hydrogen-bond donors (Lipinski definition) is 2. The molecule has 5 saturated carbocycles. The SMILES string of the molecule is N[C@H]1CC[C@H](NC(=O)C23CC4CC5(CSc6ccccc6)CC(c6ccccc6)(C2)C53C4)CC1. The Kier molecular flexibility index (Phi) is 4.66. The molecule has 2 aromatic carbocycles. The predicted molar refractivity (Wildman–Crippen MR) is 138 cm³/mol. The zero-order chi connectivity index (χ0) is 23.0. The summed E-state index contributed by atoms with van der Waals surface area (Å²) in [6.07, 6.45) is 10.1. The lowest BCUT2D eigenvalue weighted by molar-refractivity contribution is -0.300. The highest BCUT2D eigenvalue weighted by Gasteiger charge is 2.93. The molecule has 0 radical (unpaired) electrons. The maximum atomic E-state index is 14.2. The van der Waals surface area contributed by atoms with Gasteiger partial charge < -0.3 is 11.1 Å². The van der Waals surface area contributed by atoms with Crippen LogP contribution in [0, 0.1) is 22.2 Å². The van der Waals surface area contributed by atoms with E-state index in [2.05, 4.69) is 66.0 Å². The maximum absolute atomic E-state index is 14.2. The zero-order valence-corrected chi connectivity index (χ0v) is 20.8. The van der Waals surface area contributed by atoms with E-state index in [0.717, 1.165) is 44.3 Å². The van der Waals surface area contributed by atoms with Gasteiger partial charge in [0, 0.05) is 33.6 Å². The van der Waals surface area contributed by atoms with Gasteiger partial charge in [0.15, 0.2) is 0 Å². The van der Waals surface area contributed by atoms with Crippen LogP contribution in [0.2, 0.25) is 0 Å². The topological polar surface area (TPSA) is 55.1 Å². The first-order chi connectivity index (χ1) is 16.5. The van der Waals surface area contributed by atoms with Crippen LogP contribution in [0.3, 0.4) is 0 Å². The van der Waals surface area contributed by atoms with Crippen LogP contribution in [0.4, 0.5) is 0 Å². The summed E-state index contributed by atoms with van der Waals surface area (Å²) in [4.78, 5) is 15.5. The third-order valence-corrected chi connectivity index (χ3v) is 12.1. The van der Waals surface area contributed by atoms with E-state index in [0.29, 0.717) is 23.9 Å². The second-order valence-corrected chi connectivity index (χ2v) is 13.3. The first kappa shape index (κ1) is 21.5. The molecule has 5 aliphatic carbocycles. The van der Waals surface area contributed by atoms with E-state index in [-0.39, 0.29) is 21.7 Å². The number of rotatable bonds is 6. The summed E-state index contributed by atoms with van der Waals surface area (Å²) in [5.41, 5.74) is 8.09. The minimum absolute atomic E-state index is 0.135. The quantitative estimate of drug-likeness (QED) is 0.532. The van der Waals surface area contributed by atoms with E-state index in [1.165, 1.54) is 29.7 Å².